The molecule has 1 heterocycles. The van der Waals surface area contributed by atoms with Crippen LogP contribution in [0.5, 0.6) is 0 Å². The summed E-state index contributed by atoms with van der Waals surface area (Å²) in [7, 11) is 0. The van der Waals surface area contributed by atoms with Gasteiger partial charge in [0.15, 0.2) is 0 Å². The molecule has 4 nitrogen and oxygen atoms in total. The topological polar surface area (TPSA) is 42.7 Å². The van der Waals surface area contributed by atoms with Gasteiger partial charge in [-0.15, -0.1) is 5.10 Å². The highest BCUT2D eigenvalue weighted by Crippen LogP contribution is 2.30. The molecule has 1 atom stereocenters. The predicted molar refractivity (Wildman–Crippen MR) is 85.5 cm³/mol. The summed E-state index contributed by atoms with van der Waals surface area (Å²) >= 11 is 9.64. The molecule has 2 rings (SSSR count). The summed E-state index contributed by atoms with van der Waals surface area (Å²) in [6, 6.07) is 5.89. The quantitative estimate of drug-likeness (QED) is 0.877. The highest BCUT2D eigenvalue weighted by molar-refractivity contribution is 9.10. The van der Waals surface area contributed by atoms with Gasteiger partial charge in [-0.1, -0.05) is 29.8 Å². The maximum absolute atomic E-state index is 6.13. The molecule has 20 heavy (non-hydrogen) atoms. The Balaban J connectivity index is 2.35. The lowest BCUT2D eigenvalue weighted by Gasteiger charge is -2.12. The van der Waals surface area contributed by atoms with Crippen molar-refractivity contribution in [3.63, 3.8) is 0 Å². The van der Waals surface area contributed by atoms with E-state index in [4.69, 9.17) is 11.6 Å². The fraction of sp³-hybridized carbons (Fsp3) is 0.429. The van der Waals surface area contributed by atoms with Crippen LogP contribution in [0.2, 0.25) is 5.02 Å². The van der Waals surface area contributed by atoms with Crippen LogP contribution in [0.15, 0.2) is 22.7 Å². The molecule has 0 saturated carbocycles. The van der Waals surface area contributed by atoms with Crippen molar-refractivity contribution >= 4 is 27.5 Å². The van der Waals surface area contributed by atoms with Crippen molar-refractivity contribution in [1.29, 1.82) is 0 Å². The Morgan fingerprint density at radius 2 is 2.20 bits per heavy atom. The third-order valence-corrected chi connectivity index (χ3v) is 4.58. The molecule has 0 aliphatic heterocycles. The fourth-order valence-electron chi connectivity index (χ4n) is 2.08. The summed E-state index contributed by atoms with van der Waals surface area (Å²) in [5.74, 6) is 0. The first-order chi connectivity index (χ1) is 9.56. The van der Waals surface area contributed by atoms with Crippen LogP contribution >= 0.6 is 27.5 Å². The number of aromatic nitrogens is 3. The first kappa shape index (κ1) is 15.5. The Kier molecular flexibility index (Phi) is 5.18. The summed E-state index contributed by atoms with van der Waals surface area (Å²) in [5, 5.41) is 12.6. The number of benzene rings is 1. The van der Waals surface area contributed by atoms with Crippen LogP contribution in [0.3, 0.4) is 0 Å². The van der Waals surface area contributed by atoms with Crippen molar-refractivity contribution in [2.45, 2.75) is 33.2 Å². The average Bonchev–Trinajstić information content (AvgIpc) is 2.81. The van der Waals surface area contributed by atoms with Crippen LogP contribution in [0.25, 0.3) is 5.69 Å². The number of rotatable bonds is 5. The van der Waals surface area contributed by atoms with Crippen molar-refractivity contribution in [1.82, 2.24) is 20.3 Å². The second-order valence-corrected chi connectivity index (χ2v) is 5.92. The molecule has 0 aliphatic carbocycles. The van der Waals surface area contributed by atoms with E-state index in [1.54, 1.807) is 0 Å². The lowest BCUT2D eigenvalue weighted by Crippen LogP contribution is -2.20. The van der Waals surface area contributed by atoms with Crippen LogP contribution in [0.1, 0.15) is 37.7 Å². The van der Waals surface area contributed by atoms with E-state index in [9.17, 15) is 0 Å². The largest absolute Gasteiger partial charge is 0.309 e. The number of hydrogen-bond acceptors (Lipinski definition) is 3. The minimum Gasteiger partial charge on any atom is -0.309 e. The van der Waals surface area contributed by atoms with E-state index in [1.807, 2.05) is 29.8 Å². The van der Waals surface area contributed by atoms with E-state index >= 15 is 0 Å². The molecule has 1 aromatic carbocycles. The van der Waals surface area contributed by atoms with E-state index in [1.165, 1.54) is 0 Å². The molecule has 6 heteroatoms. The number of hydrogen-bond donors (Lipinski definition) is 1. The molecule has 0 radical (unpaired) electrons. The normalized spacial score (nSPS) is 12.7. The second-order valence-electron chi connectivity index (χ2n) is 4.72. The molecule has 1 unspecified atom stereocenters. The van der Waals surface area contributed by atoms with E-state index in [-0.39, 0.29) is 6.04 Å². The summed E-state index contributed by atoms with van der Waals surface area (Å²) in [6.07, 6.45) is 1.09. The third kappa shape index (κ3) is 3.05. The Hall–Kier alpha value is -0.910. The summed E-state index contributed by atoms with van der Waals surface area (Å²) in [4.78, 5) is 0. The standard InChI is InChI=1S/C14H18BrClN4/c1-4-8-17-9(2)14-10(3)20(19-18-14)12-7-5-6-11(16)13(12)15/h5-7,9,17H,4,8H2,1-3H3. The zero-order chi connectivity index (χ0) is 14.7. The molecule has 0 amide bonds. The van der Waals surface area contributed by atoms with Gasteiger partial charge in [-0.3, -0.25) is 0 Å². The molecule has 2 aromatic rings. The lowest BCUT2D eigenvalue weighted by atomic mass is 10.2. The van der Waals surface area contributed by atoms with E-state index in [0.717, 1.165) is 34.5 Å². The molecule has 0 fully saturated rings. The molecule has 0 aliphatic rings. The first-order valence-electron chi connectivity index (χ1n) is 6.66. The molecule has 0 saturated heterocycles. The summed E-state index contributed by atoms with van der Waals surface area (Å²) < 4.78 is 2.64. The maximum atomic E-state index is 6.13. The second kappa shape index (κ2) is 6.70. The van der Waals surface area contributed by atoms with Crippen LogP contribution in [-0.2, 0) is 0 Å². The fourth-order valence-corrected chi connectivity index (χ4v) is 2.68. The number of nitrogens with zero attached hydrogens (tertiary/aromatic N) is 3. The Labute approximate surface area is 132 Å². The predicted octanol–water partition coefficient (Wildman–Crippen LogP) is 4.05. The molecule has 108 valence electrons. The number of nitrogens with one attached hydrogen (secondary N) is 1. The van der Waals surface area contributed by atoms with E-state index < -0.39 is 0 Å². The molecular formula is C14H18BrClN4. The molecule has 1 aromatic heterocycles. The van der Waals surface area contributed by atoms with E-state index in [2.05, 4.69) is 45.4 Å². The zero-order valence-electron chi connectivity index (χ0n) is 11.8. The lowest BCUT2D eigenvalue weighted by molar-refractivity contribution is 0.555. The molecule has 0 bridgehead atoms. The van der Waals surface area contributed by atoms with E-state index in [0.29, 0.717) is 5.02 Å². The Morgan fingerprint density at radius 3 is 2.90 bits per heavy atom. The van der Waals surface area contributed by atoms with Gasteiger partial charge < -0.3 is 5.32 Å². The van der Waals surface area contributed by atoms with Gasteiger partial charge in [0, 0.05) is 0 Å². The highest BCUT2D eigenvalue weighted by Gasteiger charge is 2.17. The van der Waals surface area contributed by atoms with Crippen molar-refractivity contribution in [3.05, 3.63) is 39.1 Å². The van der Waals surface area contributed by atoms with Crippen LogP contribution in [-0.4, -0.2) is 21.5 Å². The highest BCUT2D eigenvalue weighted by atomic mass is 79.9. The molecular weight excluding hydrogens is 340 g/mol. The Morgan fingerprint density at radius 1 is 1.45 bits per heavy atom. The van der Waals surface area contributed by atoms with Gasteiger partial charge in [0.1, 0.15) is 5.69 Å². The monoisotopic (exact) mass is 356 g/mol. The Bertz CT molecular complexity index is 597. The average molecular weight is 358 g/mol. The smallest absolute Gasteiger partial charge is 0.103 e. The first-order valence-corrected chi connectivity index (χ1v) is 7.83. The van der Waals surface area contributed by atoms with Crippen LogP contribution < -0.4 is 5.32 Å². The van der Waals surface area contributed by atoms with Crippen molar-refractivity contribution in [2.24, 2.45) is 0 Å². The van der Waals surface area contributed by atoms with Gasteiger partial charge in [0.05, 0.1) is 26.9 Å². The minimum atomic E-state index is 0.182. The van der Waals surface area contributed by atoms with Gasteiger partial charge in [0.2, 0.25) is 0 Å². The van der Waals surface area contributed by atoms with Gasteiger partial charge in [-0.25, -0.2) is 4.68 Å². The van der Waals surface area contributed by atoms with Gasteiger partial charge >= 0.3 is 0 Å². The number of halogens is 2. The van der Waals surface area contributed by atoms with Crippen LogP contribution in [0.4, 0.5) is 0 Å². The summed E-state index contributed by atoms with van der Waals surface area (Å²) in [6.45, 7) is 7.23. The summed E-state index contributed by atoms with van der Waals surface area (Å²) in [5.41, 5.74) is 2.88. The van der Waals surface area contributed by atoms with Crippen molar-refractivity contribution in [2.75, 3.05) is 6.54 Å². The maximum Gasteiger partial charge on any atom is 0.103 e. The van der Waals surface area contributed by atoms with Crippen LogP contribution in [0, 0.1) is 6.92 Å². The zero-order valence-corrected chi connectivity index (χ0v) is 14.2. The van der Waals surface area contributed by atoms with Gasteiger partial charge in [0.25, 0.3) is 0 Å². The molecule has 1 N–H and O–H groups in total. The van der Waals surface area contributed by atoms with Gasteiger partial charge in [-0.05, 0) is 54.9 Å². The molecule has 0 spiro atoms. The van der Waals surface area contributed by atoms with Crippen molar-refractivity contribution < 1.29 is 0 Å². The van der Waals surface area contributed by atoms with Crippen molar-refractivity contribution in [3.8, 4) is 5.69 Å². The SMILES string of the molecule is CCCNC(C)c1nnn(-c2cccc(Cl)c2Br)c1C. The minimum absolute atomic E-state index is 0.182. The van der Waals surface area contributed by atoms with Gasteiger partial charge in [-0.2, -0.15) is 0 Å². The third-order valence-electron chi connectivity index (χ3n) is 3.20.